The zero-order chi connectivity index (χ0) is 28.2. The van der Waals surface area contributed by atoms with Crippen molar-refractivity contribution >= 4 is 31.9 Å². The van der Waals surface area contributed by atoms with Gasteiger partial charge in [-0.3, -0.25) is 14.5 Å². The van der Waals surface area contributed by atoms with Crippen molar-refractivity contribution in [1.29, 1.82) is 0 Å². The molecule has 1 aliphatic heterocycles. The topological polar surface area (TPSA) is 111 Å². The Balaban J connectivity index is 2.66. The molecule has 0 saturated heterocycles. The number of ether oxygens (including phenoxy) is 1. The van der Waals surface area contributed by atoms with Gasteiger partial charge in [0.25, 0.3) is 0 Å². The molecule has 0 aromatic heterocycles. The third kappa shape index (κ3) is 6.33. The van der Waals surface area contributed by atoms with Crippen LogP contribution in [0.3, 0.4) is 0 Å². The van der Waals surface area contributed by atoms with E-state index in [2.05, 4.69) is 52.3 Å². The summed E-state index contributed by atoms with van der Waals surface area (Å²) in [5.41, 5.74) is 5.63. The number of para-hydroxylation sites is 1. The average Bonchev–Trinajstić information content (AvgIpc) is 3.15. The maximum absolute atomic E-state index is 13.5. The summed E-state index contributed by atoms with van der Waals surface area (Å²) in [6, 6.07) is 7.64. The summed E-state index contributed by atoms with van der Waals surface area (Å²) < 4.78 is 12.1. The molecule has 3 amide bonds. The van der Waals surface area contributed by atoms with Gasteiger partial charge in [0, 0.05) is 12.0 Å². The predicted molar refractivity (Wildman–Crippen MR) is 150 cm³/mol. The van der Waals surface area contributed by atoms with Crippen molar-refractivity contribution < 1.29 is 23.5 Å². The average molecular weight is 530 g/mol. The molecule has 2 unspecified atom stereocenters. The van der Waals surface area contributed by atoms with E-state index in [0.29, 0.717) is 0 Å². The summed E-state index contributed by atoms with van der Waals surface area (Å²) in [6.07, 6.45) is 2.25. The Kier molecular flexibility index (Phi) is 9.20. The number of allylic oxidation sites excluding steroid dienone is 1. The minimum absolute atomic E-state index is 0.0853. The van der Waals surface area contributed by atoms with Crippen molar-refractivity contribution in [1.82, 2.24) is 5.32 Å². The zero-order valence-corrected chi connectivity index (χ0v) is 24.3. The highest BCUT2D eigenvalue weighted by Crippen LogP contribution is 2.55. The minimum atomic E-state index is -2.43. The largest absolute Gasteiger partial charge is 0.445 e. The molecule has 2 rings (SSSR count). The molecule has 0 aliphatic carbocycles. The monoisotopic (exact) mass is 529 g/mol. The molecule has 0 radical (unpaired) electrons. The van der Waals surface area contributed by atoms with E-state index in [1.165, 1.54) is 6.08 Å². The summed E-state index contributed by atoms with van der Waals surface area (Å²) in [5, 5.41) is 2.48. The van der Waals surface area contributed by atoms with E-state index in [1.807, 2.05) is 44.2 Å². The first-order valence-corrected chi connectivity index (χ1v) is 15.5. The first-order chi connectivity index (χ1) is 17.0. The van der Waals surface area contributed by atoms with Crippen LogP contribution < -0.4 is 16.0 Å². The zero-order valence-electron chi connectivity index (χ0n) is 23.3. The van der Waals surface area contributed by atoms with Gasteiger partial charge in [0.15, 0.2) is 8.32 Å². The molecule has 1 aromatic carbocycles. The van der Waals surface area contributed by atoms with Gasteiger partial charge in [0.05, 0.1) is 12.2 Å². The quantitative estimate of drug-likeness (QED) is 0.320. The number of rotatable bonds is 11. The van der Waals surface area contributed by atoms with E-state index < -0.39 is 43.2 Å². The van der Waals surface area contributed by atoms with Crippen LogP contribution >= 0.6 is 0 Å². The Morgan fingerprint density at radius 2 is 1.81 bits per heavy atom. The van der Waals surface area contributed by atoms with E-state index in [4.69, 9.17) is 14.9 Å². The molecule has 0 saturated carbocycles. The van der Waals surface area contributed by atoms with Crippen molar-refractivity contribution in [3.63, 3.8) is 0 Å². The fourth-order valence-electron chi connectivity index (χ4n) is 4.43. The maximum atomic E-state index is 13.5. The number of fused-ring (bicyclic) bond motifs is 1. The van der Waals surface area contributed by atoms with Gasteiger partial charge in [-0.15, -0.1) is 6.58 Å². The molecule has 0 fully saturated rings. The lowest BCUT2D eigenvalue weighted by molar-refractivity contribution is -0.131. The Labute approximate surface area is 222 Å². The van der Waals surface area contributed by atoms with Crippen molar-refractivity contribution in [2.75, 3.05) is 24.6 Å². The van der Waals surface area contributed by atoms with Crippen LogP contribution in [0.15, 0.2) is 49.6 Å². The lowest BCUT2D eigenvalue weighted by Crippen LogP contribution is -2.55. The summed E-state index contributed by atoms with van der Waals surface area (Å²) in [6.45, 7) is 22.3. The molecule has 0 bridgehead atoms. The highest BCUT2D eigenvalue weighted by atomic mass is 28.4. The Morgan fingerprint density at radius 3 is 2.35 bits per heavy atom. The van der Waals surface area contributed by atoms with E-state index >= 15 is 0 Å². The first kappa shape index (κ1) is 30.3. The number of carbonyl (C=O) groups excluding carboxylic acids is 3. The van der Waals surface area contributed by atoms with Crippen LogP contribution in [0.25, 0.3) is 0 Å². The number of primary amides is 1. The maximum Gasteiger partial charge on any atom is 0.414 e. The molecule has 3 N–H and O–H groups in total. The number of amides is 3. The number of carbonyl (C=O) groups is 3. The second kappa shape index (κ2) is 11.2. The van der Waals surface area contributed by atoms with Gasteiger partial charge in [-0.05, 0) is 41.6 Å². The standard InChI is InChI=1S/C28H43N3O5Si/c1-10-16-35-25(34)31-19-28(27(6,7)11-2,20-14-12-13-15-21(20)31)17-22(24(33)30-18-23(29)32)36-37(8,9)26(3,4)5/h10-15,22H,1-2,16-19H2,3-9H3,(H2,29,32)(H,30,33). The van der Waals surface area contributed by atoms with Gasteiger partial charge in [0.1, 0.15) is 12.7 Å². The third-order valence-electron chi connectivity index (χ3n) is 7.93. The molecule has 1 heterocycles. The number of hydrogen-bond acceptors (Lipinski definition) is 5. The van der Waals surface area contributed by atoms with E-state index in [0.717, 1.165) is 11.3 Å². The molecule has 2 atom stereocenters. The number of nitrogens with one attached hydrogen (secondary N) is 1. The lowest BCUT2D eigenvalue weighted by Gasteiger charge is -2.46. The second-order valence-corrected chi connectivity index (χ2v) is 16.5. The minimum Gasteiger partial charge on any atom is -0.445 e. The van der Waals surface area contributed by atoms with Gasteiger partial charge in [-0.25, -0.2) is 4.79 Å². The molecule has 1 aromatic rings. The van der Waals surface area contributed by atoms with Crippen molar-refractivity contribution in [3.8, 4) is 0 Å². The normalized spacial score (nSPS) is 18.5. The van der Waals surface area contributed by atoms with Crippen molar-refractivity contribution in [2.45, 2.75) is 70.7 Å². The molecule has 204 valence electrons. The van der Waals surface area contributed by atoms with E-state index in [-0.39, 0.29) is 31.2 Å². The molecular weight excluding hydrogens is 486 g/mol. The highest BCUT2D eigenvalue weighted by Gasteiger charge is 2.55. The number of hydrogen-bond donors (Lipinski definition) is 2. The molecule has 37 heavy (non-hydrogen) atoms. The number of anilines is 1. The highest BCUT2D eigenvalue weighted by molar-refractivity contribution is 6.74. The second-order valence-electron chi connectivity index (χ2n) is 11.7. The third-order valence-corrected chi connectivity index (χ3v) is 12.4. The predicted octanol–water partition coefficient (Wildman–Crippen LogP) is 4.66. The Hall–Kier alpha value is -2.91. The van der Waals surface area contributed by atoms with Crippen LogP contribution in [0, 0.1) is 5.41 Å². The number of nitrogens with zero attached hydrogens (tertiary/aromatic N) is 1. The van der Waals surface area contributed by atoms with Gasteiger partial charge in [-0.2, -0.15) is 0 Å². The molecule has 8 nitrogen and oxygen atoms in total. The molecule has 0 spiro atoms. The van der Waals surface area contributed by atoms with Crippen LogP contribution in [-0.4, -0.2) is 52.0 Å². The summed E-state index contributed by atoms with van der Waals surface area (Å²) in [7, 11) is -2.43. The lowest BCUT2D eigenvalue weighted by atomic mass is 9.60. The van der Waals surface area contributed by atoms with Crippen LogP contribution in [0.1, 0.15) is 46.6 Å². The van der Waals surface area contributed by atoms with Crippen LogP contribution in [0.5, 0.6) is 0 Å². The first-order valence-electron chi connectivity index (χ1n) is 12.5. The summed E-state index contributed by atoms with van der Waals surface area (Å²) in [5.74, 6) is -1.05. The van der Waals surface area contributed by atoms with Gasteiger partial charge >= 0.3 is 6.09 Å². The van der Waals surface area contributed by atoms with Gasteiger partial charge in [0.2, 0.25) is 11.8 Å². The van der Waals surface area contributed by atoms with Crippen LogP contribution in [-0.2, 0) is 24.2 Å². The van der Waals surface area contributed by atoms with Gasteiger partial charge < -0.3 is 20.2 Å². The van der Waals surface area contributed by atoms with E-state index in [9.17, 15) is 14.4 Å². The van der Waals surface area contributed by atoms with Crippen molar-refractivity contribution in [2.24, 2.45) is 11.1 Å². The van der Waals surface area contributed by atoms with Crippen LogP contribution in [0.2, 0.25) is 18.1 Å². The van der Waals surface area contributed by atoms with E-state index in [1.54, 1.807) is 4.90 Å². The fourth-order valence-corrected chi connectivity index (χ4v) is 5.69. The summed E-state index contributed by atoms with van der Waals surface area (Å²) >= 11 is 0. The molecular formula is C28H43N3O5Si. The van der Waals surface area contributed by atoms with Crippen molar-refractivity contribution in [3.05, 3.63) is 55.1 Å². The molecule has 1 aliphatic rings. The number of benzene rings is 1. The van der Waals surface area contributed by atoms with Crippen LogP contribution in [0.4, 0.5) is 10.5 Å². The van der Waals surface area contributed by atoms with Gasteiger partial charge in [-0.1, -0.05) is 71.5 Å². The Bertz CT molecular complexity index is 1050. The Morgan fingerprint density at radius 1 is 1.19 bits per heavy atom. The smallest absolute Gasteiger partial charge is 0.414 e. The fraction of sp³-hybridized carbons (Fsp3) is 0.536. The summed E-state index contributed by atoms with van der Waals surface area (Å²) in [4.78, 5) is 39.7. The SMILES string of the molecule is C=CCOC(=O)N1CC(CC(O[Si](C)(C)C(C)(C)C)C(=O)NCC(N)=O)(C(C)(C)C=C)c2ccccc21. The molecule has 9 heteroatoms. The number of nitrogens with two attached hydrogens (primary N) is 1.